The van der Waals surface area contributed by atoms with E-state index in [1.54, 1.807) is 13.0 Å². The van der Waals surface area contributed by atoms with E-state index in [2.05, 4.69) is 0 Å². The summed E-state index contributed by atoms with van der Waals surface area (Å²) in [5, 5.41) is 8.42. The molecule has 0 spiro atoms. The maximum atomic E-state index is 13.7. The third kappa shape index (κ3) is 3.80. The standard InChI is InChI=1S/C13H16F2O2/c1-9-5-6-11(8-10(9)2)13(14,15)7-3-4-12(16)17/h5-6,8H,3-4,7H2,1-2H3,(H,16,17). The second-order valence-corrected chi connectivity index (χ2v) is 4.25. The summed E-state index contributed by atoms with van der Waals surface area (Å²) in [4.78, 5) is 10.3. The van der Waals surface area contributed by atoms with Crippen molar-refractivity contribution in [1.29, 1.82) is 0 Å². The molecule has 17 heavy (non-hydrogen) atoms. The van der Waals surface area contributed by atoms with Gasteiger partial charge in [0.2, 0.25) is 0 Å². The molecule has 4 heteroatoms. The van der Waals surface area contributed by atoms with Crippen LogP contribution in [0.4, 0.5) is 8.78 Å². The minimum atomic E-state index is -2.95. The Morgan fingerprint density at radius 1 is 1.29 bits per heavy atom. The minimum Gasteiger partial charge on any atom is -0.481 e. The monoisotopic (exact) mass is 242 g/mol. The van der Waals surface area contributed by atoms with Gasteiger partial charge in [-0.25, -0.2) is 8.78 Å². The van der Waals surface area contributed by atoms with E-state index in [0.29, 0.717) is 0 Å². The molecular formula is C13H16F2O2. The van der Waals surface area contributed by atoms with E-state index in [1.165, 1.54) is 12.1 Å². The van der Waals surface area contributed by atoms with Gasteiger partial charge in [0.15, 0.2) is 0 Å². The maximum absolute atomic E-state index is 13.7. The van der Waals surface area contributed by atoms with E-state index in [1.807, 2.05) is 6.92 Å². The van der Waals surface area contributed by atoms with E-state index in [0.717, 1.165) is 11.1 Å². The van der Waals surface area contributed by atoms with E-state index in [4.69, 9.17) is 5.11 Å². The van der Waals surface area contributed by atoms with Crippen LogP contribution in [0.3, 0.4) is 0 Å². The average molecular weight is 242 g/mol. The second-order valence-electron chi connectivity index (χ2n) is 4.25. The lowest BCUT2D eigenvalue weighted by Crippen LogP contribution is -2.14. The van der Waals surface area contributed by atoms with Gasteiger partial charge >= 0.3 is 5.97 Å². The number of alkyl halides is 2. The molecule has 0 atom stereocenters. The summed E-state index contributed by atoms with van der Waals surface area (Å²) < 4.78 is 27.5. The molecule has 0 radical (unpaired) electrons. The molecule has 0 amide bonds. The molecule has 1 N–H and O–H groups in total. The zero-order valence-corrected chi connectivity index (χ0v) is 9.96. The fraction of sp³-hybridized carbons (Fsp3) is 0.462. The third-order valence-corrected chi connectivity index (χ3v) is 2.81. The number of aryl methyl sites for hydroxylation is 2. The first-order valence-corrected chi connectivity index (χ1v) is 5.50. The molecule has 0 fully saturated rings. The molecule has 0 aliphatic heterocycles. The molecule has 0 aromatic heterocycles. The number of carboxylic acids is 1. The lowest BCUT2D eigenvalue weighted by atomic mass is 9.98. The van der Waals surface area contributed by atoms with Gasteiger partial charge in [-0.05, 0) is 37.5 Å². The van der Waals surface area contributed by atoms with Crippen LogP contribution in [0.5, 0.6) is 0 Å². The van der Waals surface area contributed by atoms with Crippen LogP contribution in [-0.2, 0) is 10.7 Å². The normalized spacial score (nSPS) is 11.5. The molecular weight excluding hydrogens is 226 g/mol. The highest BCUT2D eigenvalue weighted by molar-refractivity contribution is 5.66. The van der Waals surface area contributed by atoms with E-state index in [-0.39, 0.29) is 18.4 Å². The number of rotatable bonds is 5. The molecule has 0 bridgehead atoms. The van der Waals surface area contributed by atoms with Crippen molar-refractivity contribution < 1.29 is 18.7 Å². The van der Waals surface area contributed by atoms with E-state index >= 15 is 0 Å². The zero-order chi connectivity index (χ0) is 13.1. The van der Waals surface area contributed by atoms with Gasteiger partial charge < -0.3 is 5.11 Å². The Kier molecular flexibility index (Phi) is 4.21. The Hall–Kier alpha value is -1.45. The van der Waals surface area contributed by atoms with Crippen molar-refractivity contribution in [2.24, 2.45) is 0 Å². The van der Waals surface area contributed by atoms with Crippen molar-refractivity contribution >= 4 is 5.97 Å². The number of aliphatic carboxylic acids is 1. The first-order valence-electron chi connectivity index (χ1n) is 5.50. The molecule has 0 saturated heterocycles. The number of benzene rings is 1. The quantitative estimate of drug-likeness (QED) is 0.855. The van der Waals surface area contributed by atoms with Gasteiger partial charge in [-0.15, -0.1) is 0 Å². The van der Waals surface area contributed by atoms with Gasteiger partial charge in [0, 0.05) is 18.4 Å². The van der Waals surface area contributed by atoms with Crippen LogP contribution in [0.15, 0.2) is 18.2 Å². The molecule has 0 saturated carbocycles. The smallest absolute Gasteiger partial charge is 0.303 e. The maximum Gasteiger partial charge on any atom is 0.303 e. The number of halogens is 2. The molecule has 1 aromatic rings. The van der Waals surface area contributed by atoms with Gasteiger partial charge in [-0.1, -0.05) is 12.1 Å². The second kappa shape index (κ2) is 5.25. The minimum absolute atomic E-state index is 0.0186. The van der Waals surface area contributed by atoms with Crippen LogP contribution in [0.2, 0.25) is 0 Å². The first kappa shape index (κ1) is 13.6. The molecule has 0 unspecified atom stereocenters. The summed E-state index contributed by atoms with van der Waals surface area (Å²) >= 11 is 0. The van der Waals surface area contributed by atoms with Gasteiger partial charge in [0.05, 0.1) is 0 Å². The Morgan fingerprint density at radius 2 is 1.94 bits per heavy atom. The lowest BCUT2D eigenvalue weighted by molar-refractivity contribution is -0.137. The van der Waals surface area contributed by atoms with Crippen molar-refractivity contribution in [1.82, 2.24) is 0 Å². The van der Waals surface area contributed by atoms with E-state index in [9.17, 15) is 13.6 Å². The largest absolute Gasteiger partial charge is 0.481 e. The number of hydrogen-bond donors (Lipinski definition) is 1. The summed E-state index contributed by atoms with van der Waals surface area (Å²) in [6, 6.07) is 4.54. The molecule has 0 aliphatic carbocycles. The number of carbonyl (C=O) groups is 1. The molecule has 0 heterocycles. The van der Waals surface area contributed by atoms with Gasteiger partial charge in [-0.3, -0.25) is 4.79 Å². The van der Waals surface area contributed by atoms with Crippen LogP contribution in [0.25, 0.3) is 0 Å². The fourth-order valence-electron chi connectivity index (χ4n) is 1.57. The summed E-state index contributed by atoms with van der Waals surface area (Å²) in [6.45, 7) is 3.65. The molecule has 94 valence electrons. The Labute approximate surface area is 99.3 Å². The lowest BCUT2D eigenvalue weighted by Gasteiger charge is -2.17. The molecule has 0 aliphatic rings. The van der Waals surface area contributed by atoms with Crippen LogP contribution in [0.1, 0.15) is 36.0 Å². The fourth-order valence-corrected chi connectivity index (χ4v) is 1.57. The summed E-state index contributed by atoms with van der Waals surface area (Å²) in [5.74, 6) is -3.99. The Balaban J connectivity index is 2.74. The molecule has 1 rings (SSSR count). The van der Waals surface area contributed by atoms with Crippen molar-refractivity contribution in [2.45, 2.75) is 39.0 Å². The third-order valence-electron chi connectivity index (χ3n) is 2.81. The highest BCUT2D eigenvalue weighted by Gasteiger charge is 2.31. The summed E-state index contributed by atoms with van der Waals surface area (Å²) in [6.07, 6.45) is -0.669. The highest BCUT2D eigenvalue weighted by atomic mass is 19.3. The summed E-state index contributed by atoms with van der Waals surface area (Å²) in [7, 11) is 0. The van der Waals surface area contributed by atoms with Gasteiger partial charge in [-0.2, -0.15) is 0 Å². The predicted molar refractivity (Wildman–Crippen MR) is 61.3 cm³/mol. The topological polar surface area (TPSA) is 37.3 Å². The Bertz CT molecular complexity index is 414. The molecule has 1 aromatic carbocycles. The molecule has 2 nitrogen and oxygen atoms in total. The van der Waals surface area contributed by atoms with Crippen molar-refractivity contribution in [3.8, 4) is 0 Å². The Morgan fingerprint density at radius 3 is 2.47 bits per heavy atom. The highest BCUT2D eigenvalue weighted by Crippen LogP contribution is 2.34. The van der Waals surface area contributed by atoms with Crippen LogP contribution in [-0.4, -0.2) is 11.1 Å². The van der Waals surface area contributed by atoms with Crippen LogP contribution >= 0.6 is 0 Å². The van der Waals surface area contributed by atoms with Crippen molar-refractivity contribution in [3.63, 3.8) is 0 Å². The van der Waals surface area contributed by atoms with Gasteiger partial charge in [0.25, 0.3) is 5.92 Å². The number of carboxylic acid groups (broad SMARTS) is 1. The average Bonchev–Trinajstić information content (AvgIpc) is 2.21. The van der Waals surface area contributed by atoms with Crippen molar-refractivity contribution in [2.75, 3.05) is 0 Å². The van der Waals surface area contributed by atoms with Crippen molar-refractivity contribution in [3.05, 3.63) is 34.9 Å². The van der Waals surface area contributed by atoms with E-state index < -0.39 is 18.3 Å². The zero-order valence-electron chi connectivity index (χ0n) is 9.96. The van der Waals surface area contributed by atoms with Crippen LogP contribution in [0, 0.1) is 13.8 Å². The van der Waals surface area contributed by atoms with Gasteiger partial charge in [0.1, 0.15) is 0 Å². The predicted octanol–water partition coefficient (Wildman–Crippen LogP) is 3.65. The number of hydrogen-bond acceptors (Lipinski definition) is 1. The first-order chi connectivity index (χ1) is 7.83. The summed E-state index contributed by atoms with van der Waals surface area (Å²) in [5.41, 5.74) is 1.75. The SMILES string of the molecule is Cc1ccc(C(F)(F)CCCC(=O)O)cc1C. The van der Waals surface area contributed by atoms with Crippen LogP contribution < -0.4 is 0 Å².